The standard InChI is InChI=1S/C8H18BrNO2S/c1-3-8(5-6-9)7-10-13(11,12)4-2/h8,10H,3-7H2,1-2H3. The van der Waals surface area contributed by atoms with Crippen molar-refractivity contribution in [3.05, 3.63) is 0 Å². The van der Waals surface area contributed by atoms with Gasteiger partial charge in [0.1, 0.15) is 0 Å². The molecule has 80 valence electrons. The van der Waals surface area contributed by atoms with Crippen molar-refractivity contribution in [3.63, 3.8) is 0 Å². The number of sulfonamides is 1. The molecule has 0 spiro atoms. The summed E-state index contributed by atoms with van der Waals surface area (Å²) < 4.78 is 24.8. The molecular formula is C8H18BrNO2S. The highest BCUT2D eigenvalue weighted by Gasteiger charge is 2.10. The fourth-order valence-corrected chi connectivity index (χ4v) is 2.29. The van der Waals surface area contributed by atoms with Crippen LogP contribution in [0.5, 0.6) is 0 Å². The van der Waals surface area contributed by atoms with Crippen LogP contribution < -0.4 is 4.72 Å². The van der Waals surface area contributed by atoms with Gasteiger partial charge in [-0.1, -0.05) is 29.3 Å². The lowest BCUT2D eigenvalue weighted by Crippen LogP contribution is -2.30. The largest absolute Gasteiger partial charge is 0.215 e. The number of hydrogen-bond donors (Lipinski definition) is 1. The van der Waals surface area contributed by atoms with Gasteiger partial charge in [0.05, 0.1) is 5.75 Å². The Morgan fingerprint density at radius 1 is 1.38 bits per heavy atom. The summed E-state index contributed by atoms with van der Waals surface area (Å²) in [7, 11) is -3.01. The van der Waals surface area contributed by atoms with Crippen LogP contribution >= 0.6 is 15.9 Å². The van der Waals surface area contributed by atoms with Crippen molar-refractivity contribution in [2.45, 2.75) is 26.7 Å². The molecular weight excluding hydrogens is 254 g/mol. The zero-order valence-corrected chi connectivity index (χ0v) is 10.6. The minimum Gasteiger partial charge on any atom is -0.215 e. The van der Waals surface area contributed by atoms with E-state index in [4.69, 9.17) is 0 Å². The zero-order valence-electron chi connectivity index (χ0n) is 8.22. The van der Waals surface area contributed by atoms with Crippen molar-refractivity contribution in [3.8, 4) is 0 Å². The molecule has 1 unspecified atom stereocenters. The Hall–Kier alpha value is 0.390. The van der Waals surface area contributed by atoms with E-state index in [0.717, 1.165) is 18.2 Å². The van der Waals surface area contributed by atoms with Gasteiger partial charge in [-0.15, -0.1) is 0 Å². The average molecular weight is 272 g/mol. The van der Waals surface area contributed by atoms with Gasteiger partial charge in [0, 0.05) is 11.9 Å². The fraction of sp³-hybridized carbons (Fsp3) is 1.00. The fourth-order valence-electron chi connectivity index (χ4n) is 0.952. The second kappa shape index (κ2) is 6.79. The summed E-state index contributed by atoms with van der Waals surface area (Å²) in [6.07, 6.45) is 2.03. The SMILES string of the molecule is CCC(CCBr)CNS(=O)(=O)CC. The summed E-state index contributed by atoms with van der Waals surface area (Å²) in [5, 5.41) is 0.930. The maximum absolute atomic E-state index is 11.1. The molecule has 13 heavy (non-hydrogen) atoms. The van der Waals surface area contributed by atoms with Gasteiger partial charge in [-0.3, -0.25) is 0 Å². The summed E-state index contributed by atoms with van der Waals surface area (Å²) in [6.45, 7) is 4.29. The van der Waals surface area contributed by atoms with E-state index >= 15 is 0 Å². The first-order chi connectivity index (χ1) is 6.05. The summed E-state index contributed by atoms with van der Waals surface area (Å²) in [6, 6.07) is 0. The van der Waals surface area contributed by atoms with Gasteiger partial charge >= 0.3 is 0 Å². The van der Waals surface area contributed by atoms with Crippen LogP contribution in [0.15, 0.2) is 0 Å². The number of rotatable bonds is 7. The van der Waals surface area contributed by atoms with Gasteiger partial charge < -0.3 is 0 Å². The van der Waals surface area contributed by atoms with Crippen LogP contribution in [-0.2, 0) is 10.0 Å². The van der Waals surface area contributed by atoms with Crippen molar-refractivity contribution in [2.24, 2.45) is 5.92 Å². The maximum atomic E-state index is 11.1. The molecule has 0 aliphatic heterocycles. The molecule has 0 aliphatic carbocycles. The topological polar surface area (TPSA) is 46.2 Å². The summed E-state index contributed by atoms with van der Waals surface area (Å²) >= 11 is 3.35. The number of alkyl halides is 1. The highest BCUT2D eigenvalue weighted by atomic mass is 79.9. The Kier molecular flexibility index (Phi) is 6.99. The molecule has 0 fully saturated rings. The lowest BCUT2D eigenvalue weighted by Gasteiger charge is -2.13. The first-order valence-electron chi connectivity index (χ1n) is 4.59. The van der Waals surface area contributed by atoms with Crippen LogP contribution in [-0.4, -0.2) is 26.0 Å². The Balaban J connectivity index is 3.84. The molecule has 3 nitrogen and oxygen atoms in total. The van der Waals surface area contributed by atoms with Gasteiger partial charge in [0.2, 0.25) is 10.0 Å². The third-order valence-electron chi connectivity index (χ3n) is 2.07. The lowest BCUT2D eigenvalue weighted by molar-refractivity contribution is 0.483. The van der Waals surface area contributed by atoms with Crippen molar-refractivity contribution in [2.75, 3.05) is 17.6 Å². The van der Waals surface area contributed by atoms with Crippen LogP contribution in [0.1, 0.15) is 26.7 Å². The van der Waals surface area contributed by atoms with Crippen LogP contribution in [0.2, 0.25) is 0 Å². The maximum Gasteiger partial charge on any atom is 0.211 e. The smallest absolute Gasteiger partial charge is 0.211 e. The Morgan fingerprint density at radius 3 is 2.38 bits per heavy atom. The van der Waals surface area contributed by atoms with Crippen molar-refractivity contribution in [1.82, 2.24) is 4.72 Å². The van der Waals surface area contributed by atoms with E-state index in [1.165, 1.54) is 0 Å². The Morgan fingerprint density at radius 2 is 2.00 bits per heavy atom. The molecule has 5 heteroatoms. The van der Waals surface area contributed by atoms with Gasteiger partial charge in [0.25, 0.3) is 0 Å². The van der Waals surface area contributed by atoms with E-state index in [9.17, 15) is 8.42 Å². The van der Waals surface area contributed by atoms with E-state index in [2.05, 4.69) is 27.6 Å². The summed E-state index contributed by atoms with van der Waals surface area (Å²) in [5.41, 5.74) is 0. The zero-order chi connectivity index (χ0) is 10.3. The highest BCUT2D eigenvalue weighted by Crippen LogP contribution is 2.08. The predicted octanol–water partition coefficient (Wildman–Crippen LogP) is 1.74. The second-order valence-corrected chi connectivity index (χ2v) is 5.89. The minimum atomic E-state index is -3.01. The molecule has 0 heterocycles. The number of nitrogens with one attached hydrogen (secondary N) is 1. The van der Waals surface area contributed by atoms with E-state index in [1.54, 1.807) is 6.92 Å². The third-order valence-corrected chi connectivity index (χ3v) is 3.89. The molecule has 0 saturated heterocycles. The van der Waals surface area contributed by atoms with Gasteiger partial charge in [-0.2, -0.15) is 0 Å². The van der Waals surface area contributed by atoms with Crippen molar-refractivity contribution < 1.29 is 8.42 Å². The molecule has 1 N–H and O–H groups in total. The molecule has 0 amide bonds. The summed E-state index contributed by atoms with van der Waals surface area (Å²) in [5.74, 6) is 0.610. The van der Waals surface area contributed by atoms with E-state index < -0.39 is 10.0 Å². The highest BCUT2D eigenvalue weighted by molar-refractivity contribution is 9.09. The van der Waals surface area contributed by atoms with Gasteiger partial charge in [0.15, 0.2) is 0 Å². The first kappa shape index (κ1) is 13.4. The van der Waals surface area contributed by atoms with Gasteiger partial charge in [-0.25, -0.2) is 13.1 Å². The van der Waals surface area contributed by atoms with Gasteiger partial charge in [-0.05, 0) is 19.3 Å². The van der Waals surface area contributed by atoms with Crippen LogP contribution in [0, 0.1) is 5.92 Å². The minimum absolute atomic E-state index is 0.164. The normalized spacial score (nSPS) is 14.4. The Bertz CT molecular complexity index is 216. The second-order valence-electron chi connectivity index (χ2n) is 3.00. The van der Waals surface area contributed by atoms with Crippen molar-refractivity contribution in [1.29, 1.82) is 0 Å². The Labute approximate surface area is 89.5 Å². The predicted molar refractivity (Wildman–Crippen MR) is 59.7 cm³/mol. The molecule has 0 saturated carbocycles. The summed E-state index contributed by atoms with van der Waals surface area (Å²) in [4.78, 5) is 0. The number of hydrogen-bond acceptors (Lipinski definition) is 2. The van der Waals surface area contributed by atoms with E-state index in [1.807, 2.05) is 0 Å². The molecule has 0 radical (unpaired) electrons. The monoisotopic (exact) mass is 271 g/mol. The molecule has 0 aromatic rings. The molecule has 1 atom stereocenters. The lowest BCUT2D eigenvalue weighted by atomic mass is 10.0. The quantitative estimate of drug-likeness (QED) is 0.717. The molecule has 0 aromatic carbocycles. The number of halogens is 1. The molecule has 0 aliphatic rings. The average Bonchev–Trinajstić information content (AvgIpc) is 2.12. The van der Waals surface area contributed by atoms with Crippen molar-refractivity contribution >= 4 is 26.0 Å². The van der Waals surface area contributed by atoms with Crippen LogP contribution in [0.25, 0.3) is 0 Å². The first-order valence-corrected chi connectivity index (χ1v) is 7.36. The molecule has 0 rings (SSSR count). The van der Waals surface area contributed by atoms with Crippen LogP contribution in [0.3, 0.4) is 0 Å². The molecule has 0 aromatic heterocycles. The molecule has 0 bridgehead atoms. The van der Waals surface area contributed by atoms with Crippen LogP contribution in [0.4, 0.5) is 0 Å². The third kappa shape index (κ3) is 6.46. The van der Waals surface area contributed by atoms with E-state index in [-0.39, 0.29) is 5.75 Å². The van der Waals surface area contributed by atoms with E-state index in [0.29, 0.717) is 12.5 Å².